The number of hydrogen-bond donors (Lipinski definition) is 1. The zero-order valence-electron chi connectivity index (χ0n) is 19.0. The van der Waals surface area contributed by atoms with E-state index in [9.17, 15) is 13.2 Å². The summed E-state index contributed by atoms with van der Waals surface area (Å²) < 4.78 is 35.7. The van der Waals surface area contributed by atoms with Crippen LogP contribution in [-0.4, -0.2) is 26.5 Å². The highest BCUT2D eigenvalue weighted by Crippen LogP contribution is 2.20. The Morgan fingerprint density at radius 2 is 1.52 bits per heavy atom. The number of benzene rings is 3. The van der Waals surface area contributed by atoms with Crippen molar-refractivity contribution in [2.24, 2.45) is 0 Å². The lowest BCUT2D eigenvalue weighted by atomic mass is 10.1. The standard InChI is InChI=1S/C26H29NO5S/c1-19(2)31-26(28)25(27-18-22-7-5-4-6-8-22)17-21-11-13-23(14-12-21)32-33(29,30)24-15-9-20(3)10-16-24/h4-16,19,25,27H,17-18H2,1-3H3. The molecule has 0 saturated carbocycles. The summed E-state index contributed by atoms with van der Waals surface area (Å²) in [5.74, 6) is -0.124. The minimum atomic E-state index is -3.92. The molecule has 0 aliphatic rings. The Kier molecular flexibility index (Phi) is 8.25. The van der Waals surface area contributed by atoms with E-state index in [0.29, 0.717) is 13.0 Å². The molecule has 0 fully saturated rings. The second-order valence-electron chi connectivity index (χ2n) is 8.10. The van der Waals surface area contributed by atoms with Crippen molar-refractivity contribution in [3.05, 3.63) is 95.6 Å². The van der Waals surface area contributed by atoms with Crippen LogP contribution in [0.3, 0.4) is 0 Å². The molecule has 3 aromatic carbocycles. The summed E-state index contributed by atoms with van der Waals surface area (Å²) >= 11 is 0. The first kappa shape index (κ1) is 24.5. The van der Waals surface area contributed by atoms with Crippen LogP contribution in [0.4, 0.5) is 0 Å². The number of esters is 1. The van der Waals surface area contributed by atoms with E-state index >= 15 is 0 Å². The fraction of sp³-hybridized carbons (Fsp3) is 0.269. The summed E-state index contributed by atoms with van der Waals surface area (Å²) in [6.07, 6.45) is 0.171. The van der Waals surface area contributed by atoms with E-state index in [4.69, 9.17) is 8.92 Å². The van der Waals surface area contributed by atoms with Gasteiger partial charge in [-0.25, -0.2) is 0 Å². The van der Waals surface area contributed by atoms with Crippen LogP contribution < -0.4 is 9.50 Å². The predicted molar refractivity (Wildman–Crippen MR) is 127 cm³/mol. The maximum Gasteiger partial charge on any atom is 0.339 e. The lowest BCUT2D eigenvalue weighted by molar-refractivity contribution is -0.150. The van der Waals surface area contributed by atoms with Crippen molar-refractivity contribution in [2.45, 2.75) is 50.8 Å². The number of rotatable bonds is 10. The van der Waals surface area contributed by atoms with Gasteiger partial charge in [0.2, 0.25) is 0 Å². The fourth-order valence-corrected chi connectivity index (χ4v) is 4.12. The van der Waals surface area contributed by atoms with Crippen molar-refractivity contribution in [3.63, 3.8) is 0 Å². The van der Waals surface area contributed by atoms with Gasteiger partial charge in [-0.3, -0.25) is 4.79 Å². The number of hydrogen-bond acceptors (Lipinski definition) is 6. The summed E-state index contributed by atoms with van der Waals surface area (Å²) in [4.78, 5) is 12.7. The van der Waals surface area contributed by atoms with Gasteiger partial charge in [-0.2, -0.15) is 8.42 Å². The van der Waals surface area contributed by atoms with Crippen molar-refractivity contribution in [1.29, 1.82) is 0 Å². The smallest absolute Gasteiger partial charge is 0.339 e. The molecule has 0 aliphatic carbocycles. The third-order valence-electron chi connectivity index (χ3n) is 4.91. The molecule has 3 rings (SSSR count). The van der Waals surface area contributed by atoms with E-state index in [1.165, 1.54) is 12.1 Å². The summed E-state index contributed by atoms with van der Waals surface area (Å²) in [6, 6.07) is 22.4. The molecular weight excluding hydrogens is 438 g/mol. The van der Waals surface area contributed by atoms with Gasteiger partial charge < -0.3 is 14.2 Å². The molecule has 33 heavy (non-hydrogen) atoms. The van der Waals surface area contributed by atoms with Crippen LogP contribution in [-0.2, 0) is 32.6 Å². The van der Waals surface area contributed by atoms with Crippen LogP contribution in [0.15, 0.2) is 83.8 Å². The first-order valence-electron chi connectivity index (χ1n) is 10.8. The Morgan fingerprint density at radius 1 is 0.879 bits per heavy atom. The summed E-state index contributed by atoms with van der Waals surface area (Å²) in [6.45, 7) is 6.03. The van der Waals surface area contributed by atoms with Crippen LogP contribution in [0.25, 0.3) is 0 Å². The van der Waals surface area contributed by atoms with E-state index in [0.717, 1.165) is 16.7 Å². The second kappa shape index (κ2) is 11.1. The largest absolute Gasteiger partial charge is 0.462 e. The highest BCUT2D eigenvalue weighted by molar-refractivity contribution is 7.87. The molecule has 0 amide bonds. The Bertz CT molecular complexity index is 1140. The van der Waals surface area contributed by atoms with Crippen molar-refractivity contribution in [1.82, 2.24) is 5.32 Å². The lowest BCUT2D eigenvalue weighted by Gasteiger charge is -2.19. The first-order valence-corrected chi connectivity index (χ1v) is 12.2. The van der Waals surface area contributed by atoms with Crippen molar-refractivity contribution in [3.8, 4) is 5.75 Å². The van der Waals surface area contributed by atoms with Gasteiger partial charge in [0, 0.05) is 6.54 Å². The predicted octanol–water partition coefficient (Wildman–Crippen LogP) is 4.42. The molecular formula is C26H29NO5S. The van der Waals surface area contributed by atoms with Crippen LogP contribution in [0.5, 0.6) is 5.75 Å². The maximum atomic E-state index is 12.6. The summed E-state index contributed by atoms with van der Waals surface area (Å²) in [5.41, 5.74) is 2.87. The fourth-order valence-electron chi connectivity index (χ4n) is 3.19. The second-order valence-corrected chi connectivity index (χ2v) is 9.65. The highest BCUT2D eigenvalue weighted by atomic mass is 32.2. The molecule has 0 heterocycles. The number of aryl methyl sites for hydroxylation is 1. The molecule has 3 aromatic rings. The lowest BCUT2D eigenvalue weighted by Crippen LogP contribution is -2.40. The summed E-state index contributed by atoms with van der Waals surface area (Å²) in [5, 5.41) is 3.27. The van der Waals surface area contributed by atoms with Gasteiger partial charge >= 0.3 is 16.1 Å². The van der Waals surface area contributed by atoms with E-state index < -0.39 is 16.2 Å². The first-order chi connectivity index (χ1) is 15.7. The number of carbonyl (C=O) groups excluding carboxylic acids is 1. The molecule has 6 nitrogen and oxygen atoms in total. The molecule has 1 N–H and O–H groups in total. The monoisotopic (exact) mass is 467 g/mol. The van der Waals surface area contributed by atoms with Gasteiger partial charge in [0.1, 0.15) is 16.7 Å². The van der Waals surface area contributed by atoms with Gasteiger partial charge in [-0.05, 0) is 62.6 Å². The quantitative estimate of drug-likeness (QED) is 0.351. The topological polar surface area (TPSA) is 81.7 Å². The van der Waals surface area contributed by atoms with Crippen LogP contribution >= 0.6 is 0 Å². The van der Waals surface area contributed by atoms with E-state index in [1.807, 2.05) is 51.1 Å². The minimum absolute atomic E-state index is 0.0961. The van der Waals surface area contributed by atoms with Crippen LogP contribution in [0.1, 0.15) is 30.5 Å². The molecule has 0 spiro atoms. The average Bonchev–Trinajstić information content (AvgIpc) is 2.78. The van der Waals surface area contributed by atoms with Gasteiger partial charge in [-0.1, -0.05) is 60.2 Å². The molecule has 0 aromatic heterocycles. The van der Waals surface area contributed by atoms with Gasteiger partial charge in [-0.15, -0.1) is 0 Å². The van der Waals surface area contributed by atoms with Crippen molar-refractivity contribution in [2.75, 3.05) is 0 Å². The van der Waals surface area contributed by atoms with Crippen LogP contribution in [0.2, 0.25) is 0 Å². The van der Waals surface area contributed by atoms with Gasteiger partial charge in [0.15, 0.2) is 0 Å². The molecule has 1 unspecified atom stereocenters. The molecule has 7 heteroatoms. The summed E-state index contributed by atoms with van der Waals surface area (Å²) in [7, 11) is -3.92. The van der Waals surface area contributed by atoms with Gasteiger partial charge in [0.05, 0.1) is 6.10 Å². The molecule has 0 saturated heterocycles. The Labute approximate surface area is 195 Å². The maximum absolute atomic E-state index is 12.6. The normalized spacial score (nSPS) is 12.4. The Morgan fingerprint density at radius 3 is 2.12 bits per heavy atom. The van der Waals surface area contributed by atoms with E-state index in [2.05, 4.69) is 5.32 Å². The number of nitrogens with one attached hydrogen (secondary N) is 1. The third-order valence-corrected chi connectivity index (χ3v) is 6.17. The molecule has 1 atom stereocenters. The Balaban J connectivity index is 1.68. The zero-order valence-corrected chi connectivity index (χ0v) is 19.8. The molecule has 0 radical (unpaired) electrons. The van der Waals surface area contributed by atoms with Crippen LogP contribution in [0, 0.1) is 6.92 Å². The minimum Gasteiger partial charge on any atom is -0.462 e. The Hall–Kier alpha value is -3.16. The third kappa shape index (κ3) is 7.44. The van der Waals surface area contributed by atoms with E-state index in [-0.39, 0.29) is 22.7 Å². The number of carbonyl (C=O) groups is 1. The van der Waals surface area contributed by atoms with Crippen molar-refractivity contribution < 1.29 is 22.1 Å². The zero-order chi connectivity index (χ0) is 23.8. The number of ether oxygens (including phenoxy) is 1. The van der Waals surface area contributed by atoms with Gasteiger partial charge in [0.25, 0.3) is 0 Å². The molecule has 0 bridgehead atoms. The molecule has 0 aliphatic heterocycles. The molecule has 174 valence electrons. The SMILES string of the molecule is Cc1ccc(S(=O)(=O)Oc2ccc(CC(NCc3ccccc3)C(=O)OC(C)C)cc2)cc1. The van der Waals surface area contributed by atoms with E-state index in [1.54, 1.807) is 36.4 Å². The average molecular weight is 468 g/mol. The highest BCUT2D eigenvalue weighted by Gasteiger charge is 2.22. The van der Waals surface area contributed by atoms with Crippen molar-refractivity contribution >= 4 is 16.1 Å².